The lowest BCUT2D eigenvalue weighted by Gasteiger charge is -2.11. The number of rotatable bonds is 2. The van der Waals surface area contributed by atoms with Crippen LogP contribution in [0.1, 0.15) is 0 Å². The molecule has 0 aliphatic carbocycles. The zero-order valence-corrected chi connectivity index (χ0v) is 12.1. The summed E-state index contributed by atoms with van der Waals surface area (Å²) >= 11 is 14.1. The second kappa shape index (κ2) is 4.86. The van der Waals surface area contributed by atoms with Crippen LogP contribution in [-0.4, -0.2) is 9.04 Å². The first-order valence-electron chi connectivity index (χ1n) is 3.82. The summed E-state index contributed by atoms with van der Waals surface area (Å²) in [5.74, 6) is 0.703. The highest BCUT2D eigenvalue weighted by atomic mass is 127. The van der Waals surface area contributed by atoms with Gasteiger partial charge in [-0.3, -0.25) is 0 Å². The van der Waals surface area contributed by atoms with Crippen LogP contribution < -0.4 is 4.43 Å². The van der Waals surface area contributed by atoms with Crippen LogP contribution in [0.15, 0.2) is 12.1 Å². The molecular formula is C8H9Cl2IOSi. The Labute approximate surface area is 103 Å². The van der Waals surface area contributed by atoms with Gasteiger partial charge in [0, 0.05) is 3.57 Å². The first-order valence-corrected chi connectivity index (χ1v) is 8.43. The van der Waals surface area contributed by atoms with E-state index < -0.39 is 9.04 Å². The van der Waals surface area contributed by atoms with Crippen LogP contribution in [0, 0.1) is 3.57 Å². The maximum atomic E-state index is 5.98. The molecule has 1 rings (SSSR count). The first kappa shape index (κ1) is 11.6. The molecule has 1 aromatic rings. The van der Waals surface area contributed by atoms with E-state index >= 15 is 0 Å². The van der Waals surface area contributed by atoms with E-state index in [0.717, 1.165) is 3.57 Å². The monoisotopic (exact) mass is 346 g/mol. The van der Waals surface area contributed by atoms with Crippen LogP contribution in [0.3, 0.4) is 0 Å². The maximum Gasteiger partial charge on any atom is 0.229 e. The highest BCUT2D eigenvalue weighted by Gasteiger charge is 2.07. The second-order valence-electron chi connectivity index (χ2n) is 2.86. The smallest absolute Gasteiger partial charge is 0.229 e. The van der Waals surface area contributed by atoms with Gasteiger partial charge in [0.1, 0.15) is 5.75 Å². The largest absolute Gasteiger partial charge is 0.546 e. The number of hydrogen-bond acceptors (Lipinski definition) is 1. The van der Waals surface area contributed by atoms with E-state index in [0.29, 0.717) is 15.8 Å². The van der Waals surface area contributed by atoms with E-state index in [9.17, 15) is 0 Å². The Bertz CT molecular complexity index is 317. The van der Waals surface area contributed by atoms with Crippen molar-refractivity contribution in [2.45, 2.75) is 13.1 Å². The highest BCUT2D eigenvalue weighted by molar-refractivity contribution is 14.1. The quantitative estimate of drug-likeness (QED) is 0.447. The summed E-state index contributed by atoms with van der Waals surface area (Å²) in [6.45, 7) is 4.17. The lowest BCUT2D eigenvalue weighted by atomic mass is 10.3. The lowest BCUT2D eigenvalue weighted by Crippen LogP contribution is -2.11. The van der Waals surface area contributed by atoms with Gasteiger partial charge in [-0.15, -0.1) is 0 Å². The molecule has 0 spiro atoms. The molecule has 0 aromatic heterocycles. The molecule has 0 amide bonds. The zero-order valence-electron chi connectivity index (χ0n) is 7.27. The first-order chi connectivity index (χ1) is 6.00. The van der Waals surface area contributed by atoms with Crippen molar-refractivity contribution in [2.24, 2.45) is 0 Å². The SMILES string of the molecule is C[SiH](C)Oc1cc(Cl)c(I)cc1Cl. The van der Waals surface area contributed by atoms with Gasteiger partial charge in [0.15, 0.2) is 0 Å². The van der Waals surface area contributed by atoms with Crippen LogP contribution in [0.25, 0.3) is 0 Å². The average Bonchev–Trinajstić information content (AvgIpc) is 1.99. The molecule has 5 heteroatoms. The Morgan fingerprint density at radius 3 is 2.38 bits per heavy atom. The van der Waals surface area contributed by atoms with Gasteiger partial charge in [-0.2, -0.15) is 0 Å². The van der Waals surface area contributed by atoms with E-state index in [4.69, 9.17) is 27.6 Å². The third-order valence-electron chi connectivity index (χ3n) is 1.34. The van der Waals surface area contributed by atoms with Crippen molar-refractivity contribution in [3.63, 3.8) is 0 Å². The number of benzene rings is 1. The molecule has 0 unspecified atom stereocenters. The minimum atomic E-state index is -1.11. The summed E-state index contributed by atoms with van der Waals surface area (Å²) in [4.78, 5) is 0. The third kappa shape index (κ3) is 3.31. The molecule has 0 atom stereocenters. The number of halogens is 3. The molecule has 0 aliphatic rings. The Hall–Kier alpha value is 0.547. The minimum absolute atomic E-state index is 0.634. The molecular weight excluding hydrogens is 338 g/mol. The van der Waals surface area contributed by atoms with Crippen molar-refractivity contribution in [3.8, 4) is 5.75 Å². The predicted octanol–water partition coefficient (Wildman–Crippen LogP) is 3.96. The molecule has 0 aliphatic heterocycles. The normalized spacial score (nSPS) is 10.6. The van der Waals surface area contributed by atoms with Crippen LogP contribution >= 0.6 is 45.8 Å². The predicted molar refractivity (Wildman–Crippen MR) is 68.7 cm³/mol. The molecule has 72 valence electrons. The maximum absolute atomic E-state index is 5.98. The summed E-state index contributed by atoms with van der Waals surface area (Å²) < 4.78 is 6.55. The fourth-order valence-electron chi connectivity index (χ4n) is 0.849. The molecule has 0 N–H and O–H groups in total. The van der Waals surface area contributed by atoms with Crippen LogP contribution in [-0.2, 0) is 0 Å². The molecule has 0 heterocycles. The van der Waals surface area contributed by atoms with E-state index in [1.807, 2.05) is 6.07 Å². The molecule has 0 saturated carbocycles. The number of hydrogen-bond donors (Lipinski definition) is 0. The molecule has 13 heavy (non-hydrogen) atoms. The Kier molecular flexibility index (Phi) is 4.35. The molecule has 0 saturated heterocycles. The summed E-state index contributed by atoms with van der Waals surface area (Å²) in [5.41, 5.74) is 0. The topological polar surface area (TPSA) is 9.23 Å². The van der Waals surface area contributed by atoms with Gasteiger partial charge >= 0.3 is 0 Å². The molecule has 0 radical (unpaired) electrons. The standard InChI is InChI=1S/C8H9Cl2IOSi/c1-13(2)12-8-4-5(9)7(11)3-6(8)10/h3-4,13H,1-2H3. The van der Waals surface area contributed by atoms with Gasteiger partial charge in [-0.05, 0) is 47.8 Å². The summed E-state index contributed by atoms with van der Waals surface area (Å²) in [7, 11) is -1.11. The van der Waals surface area contributed by atoms with Crippen molar-refractivity contribution < 1.29 is 4.43 Å². The van der Waals surface area contributed by atoms with Crippen LogP contribution in [0.5, 0.6) is 5.75 Å². The van der Waals surface area contributed by atoms with Gasteiger partial charge in [-0.1, -0.05) is 23.2 Å². The van der Waals surface area contributed by atoms with Crippen LogP contribution in [0.4, 0.5) is 0 Å². The van der Waals surface area contributed by atoms with Gasteiger partial charge < -0.3 is 4.43 Å². The molecule has 0 fully saturated rings. The second-order valence-corrected chi connectivity index (χ2v) is 7.17. The summed E-state index contributed by atoms with van der Waals surface area (Å²) in [5, 5.41) is 1.32. The minimum Gasteiger partial charge on any atom is -0.546 e. The van der Waals surface area contributed by atoms with E-state index in [2.05, 4.69) is 35.7 Å². The molecule has 0 bridgehead atoms. The average molecular weight is 347 g/mol. The Morgan fingerprint density at radius 1 is 1.23 bits per heavy atom. The summed E-state index contributed by atoms with van der Waals surface area (Å²) in [6.07, 6.45) is 0. The molecule has 1 aromatic carbocycles. The van der Waals surface area contributed by atoms with E-state index in [1.54, 1.807) is 6.07 Å². The van der Waals surface area contributed by atoms with Crippen molar-refractivity contribution in [1.29, 1.82) is 0 Å². The van der Waals surface area contributed by atoms with Crippen LogP contribution in [0.2, 0.25) is 23.1 Å². The fourth-order valence-corrected chi connectivity index (χ4v) is 2.64. The van der Waals surface area contributed by atoms with Gasteiger partial charge in [0.05, 0.1) is 10.0 Å². The van der Waals surface area contributed by atoms with E-state index in [1.165, 1.54) is 0 Å². The van der Waals surface area contributed by atoms with Gasteiger partial charge in [-0.25, -0.2) is 0 Å². The van der Waals surface area contributed by atoms with Crippen molar-refractivity contribution in [2.75, 3.05) is 0 Å². The zero-order chi connectivity index (χ0) is 10.0. The Balaban J connectivity index is 3.01. The highest BCUT2D eigenvalue weighted by Crippen LogP contribution is 2.32. The third-order valence-corrected chi connectivity index (χ3v) is 3.88. The van der Waals surface area contributed by atoms with Gasteiger partial charge in [0.25, 0.3) is 0 Å². The molecule has 1 nitrogen and oxygen atoms in total. The lowest BCUT2D eigenvalue weighted by molar-refractivity contribution is 0.581. The fraction of sp³-hybridized carbons (Fsp3) is 0.250. The Morgan fingerprint density at radius 2 is 1.85 bits per heavy atom. The summed E-state index contributed by atoms with van der Waals surface area (Å²) in [6, 6.07) is 3.59. The van der Waals surface area contributed by atoms with Crippen molar-refractivity contribution in [3.05, 3.63) is 25.7 Å². The van der Waals surface area contributed by atoms with Gasteiger partial charge in [0.2, 0.25) is 9.04 Å². The van der Waals surface area contributed by atoms with Crippen molar-refractivity contribution >= 4 is 54.8 Å². The van der Waals surface area contributed by atoms with E-state index in [-0.39, 0.29) is 0 Å². The van der Waals surface area contributed by atoms with Crippen molar-refractivity contribution in [1.82, 2.24) is 0 Å².